The van der Waals surface area contributed by atoms with E-state index >= 15 is 0 Å². The Bertz CT molecular complexity index is 660. The van der Waals surface area contributed by atoms with Gasteiger partial charge in [-0.05, 0) is 29.8 Å². The third-order valence-electron chi connectivity index (χ3n) is 2.73. The number of nitrogens with two attached hydrogens (primary N) is 1. The predicted octanol–water partition coefficient (Wildman–Crippen LogP) is 4.66. The lowest BCUT2D eigenvalue weighted by molar-refractivity contribution is -0.138. The first-order chi connectivity index (χ1) is 9.81. The summed E-state index contributed by atoms with van der Waals surface area (Å²) in [5.41, 5.74) is 4.25. The number of rotatable bonds is 3. The maximum absolute atomic E-state index is 13.0. The van der Waals surface area contributed by atoms with E-state index in [4.69, 9.17) is 10.5 Å². The molecule has 0 aliphatic carbocycles. The van der Waals surface area contributed by atoms with Gasteiger partial charge in [-0.3, -0.25) is 0 Å². The van der Waals surface area contributed by atoms with E-state index in [1.165, 1.54) is 12.1 Å². The van der Waals surface area contributed by atoms with Gasteiger partial charge in [0.25, 0.3) is 0 Å². The van der Waals surface area contributed by atoms with Gasteiger partial charge in [0.1, 0.15) is 11.5 Å². The summed E-state index contributed by atoms with van der Waals surface area (Å²) >= 11 is 0. The molecule has 120 valence electrons. The summed E-state index contributed by atoms with van der Waals surface area (Å²) in [7, 11) is 0. The summed E-state index contributed by atoms with van der Waals surface area (Å²) in [6, 6.07) is 5.91. The molecule has 2 rings (SSSR count). The van der Waals surface area contributed by atoms with E-state index in [1.54, 1.807) is 0 Å². The molecule has 0 bridgehead atoms. The van der Waals surface area contributed by atoms with Gasteiger partial charge in [0.05, 0.1) is 5.56 Å². The van der Waals surface area contributed by atoms with Crippen molar-refractivity contribution >= 4 is 12.4 Å². The fraction of sp³-hybridized carbons (Fsp3) is 0.143. The Morgan fingerprint density at radius 1 is 0.909 bits per heavy atom. The van der Waals surface area contributed by atoms with Crippen LogP contribution in [-0.4, -0.2) is 0 Å². The summed E-state index contributed by atoms with van der Waals surface area (Å²) < 4.78 is 69.4. The van der Waals surface area contributed by atoms with Crippen molar-refractivity contribution < 1.29 is 26.7 Å². The molecule has 0 radical (unpaired) electrons. The van der Waals surface area contributed by atoms with Crippen LogP contribution in [0.1, 0.15) is 11.1 Å². The van der Waals surface area contributed by atoms with Crippen LogP contribution < -0.4 is 10.5 Å². The molecule has 2 aromatic rings. The van der Waals surface area contributed by atoms with E-state index in [2.05, 4.69) is 0 Å². The van der Waals surface area contributed by atoms with Gasteiger partial charge in [-0.2, -0.15) is 13.2 Å². The predicted molar refractivity (Wildman–Crippen MR) is 73.0 cm³/mol. The monoisotopic (exact) mass is 339 g/mol. The van der Waals surface area contributed by atoms with Gasteiger partial charge in [-0.1, -0.05) is 6.07 Å². The largest absolute Gasteiger partial charge is 0.457 e. The average Bonchev–Trinajstić information content (AvgIpc) is 2.42. The Morgan fingerprint density at radius 2 is 1.50 bits per heavy atom. The van der Waals surface area contributed by atoms with Gasteiger partial charge in [-0.15, -0.1) is 12.4 Å². The average molecular weight is 340 g/mol. The number of ether oxygens (including phenoxy) is 1. The second-order valence-electron chi connectivity index (χ2n) is 4.20. The van der Waals surface area contributed by atoms with Crippen molar-refractivity contribution in [2.75, 3.05) is 0 Å². The highest BCUT2D eigenvalue weighted by molar-refractivity contribution is 5.85. The van der Waals surface area contributed by atoms with Crippen molar-refractivity contribution in [1.29, 1.82) is 0 Å². The summed E-state index contributed by atoms with van der Waals surface area (Å²) in [6.45, 7) is -0.277. The molecule has 2 nitrogen and oxygen atoms in total. The Hall–Kier alpha value is -1.86. The molecular formula is C14H11ClF5NO. The molecule has 0 saturated heterocycles. The van der Waals surface area contributed by atoms with Gasteiger partial charge in [0, 0.05) is 12.6 Å². The quantitative estimate of drug-likeness (QED) is 0.826. The van der Waals surface area contributed by atoms with E-state index in [1.807, 2.05) is 0 Å². The van der Waals surface area contributed by atoms with Gasteiger partial charge >= 0.3 is 6.18 Å². The molecule has 0 spiro atoms. The van der Waals surface area contributed by atoms with E-state index < -0.39 is 23.4 Å². The van der Waals surface area contributed by atoms with Crippen LogP contribution in [-0.2, 0) is 12.7 Å². The molecule has 0 aliphatic rings. The highest BCUT2D eigenvalue weighted by atomic mass is 35.5. The van der Waals surface area contributed by atoms with Crippen molar-refractivity contribution in [2.45, 2.75) is 12.7 Å². The Labute approximate surface area is 129 Å². The summed E-state index contributed by atoms with van der Waals surface area (Å²) in [5, 5.41) is 0. The van der Waals surface area contributed by atoms with Crippen LogP contribution in [0.25, 0.3) is 0 Å². The zero-order chi connectivity index (χ0) is 15.6. The smallest absolute Gasteiger partial charge is 0.416 e. The summed E-state index contributed by atoms with van der Waals surface area (Å²) in [6.07, 6.45) is -4.58. The van der Waals surface area contributed by atoms with Crippen LogP contribution in [0.15, 0.2) is 36.4 Å². The van der Waals surface area contributed by atoms with Gasteiger partial charge in [0.2, 0.25) is 0 Å². The van der Waals surface area contributed by atoms with Crippen LogP contribution in [0.3, 0.4) is 0 Å². The van der Waals surface area contributed by atoms with Gasteiger partial charge in [0.15, 0.2) is 11.6 Å². The maximum atomic E-state index is 13.0. The van der Waals surface area contributed by atoms with Crippen molar-refractivity contribution in [2.24, 2.45) is 5.73 Å². The highest BCUT2D eigenvalue weighted by Crippen LogP contribution is 2.35. The lowest BCUT2D eigenvalue weighted by Gasteiger charge is -2.14. The Kier molecular flexibility index (Phi) is 5.73. The zero-order valence-electron chi connectivity index (χ0n) is 11.0. The molecule has 0 aromatic heterocycles. The van der Waals surface area contributed by atoms with E-state index in [0.29, 0.717) is 0 Å². The summed E-state index contributed by atoms with van der Waals surface area (Å²) in [4.78, 5) is 0. The van der Waals surface area contributed by atoms with E-state index in [9.17, 15) is 22.0 Å². The van der Waals surface area contributed by atoms with Gasteiger partial charge < -0.3 is 10.5 Å². The molecule has 2 N–H and O–H groups in total. The Balaban J connectivity index is 0.00000242. The lowest BCUT2D eigenvalue weighted by atomic mass is 10.1. The maximum Gasteiger partial charge on any atom is 0.416 e. The molecule has 0 amide bonds. The third-order valence-corrected chi connectivity index (χ3v) is 2.73. The normalized spacial score (nSPS) is 11.0. The molecule has 0 atom stereocenters. The Morgan fingerprint density at radius 3 is 2.05 bits per heavy atom. The minimum absolute atomic E-state index is 0. The van der Waals surface area contributed by atoms with Crippen molar-refractivity contribution in [1.82, 2.24) is 0 Å². The fourth-order valence-corrected chi connectivity index (χ4v) is 1.74. The standard InChI is InChI=1S/C14H10F5NO.ClH/c15-12-4-3-10(6-13(12)16)21-9-2-1-8(7-20)11(5-9)14(17,18)19;/h1-6H,7,20H2;1H. The number of hydrogen-bond donors (Lipinski definition) is 1. The minimum Gasteiger partial charge on any atom is -0.457 e. The van der Waals surface area contributed by atoms with Crippen molar-refractivity contribution in [3.05, 3.63) is 59.2 Å². The second-order valence-corrected chi connectivity index (χ2v) is 4.20. The minimum atomic E-state index is -4.58. The third kappa shape index (κ3) is 4.08. The molecule has 0 unspecified atom stereocenters. The second kappa shape index (κ2) is 6.93. The van der Waals surface area contributed by atoms with Crippen LogP contribution >= 0.6 is 12.4 Å². The van der Waals surface area contributed by atoms with Crippen molar-refractivity contribution in [3.8, 4) is 11.5 Å². The fourth-order valence-electron chi connectivity index (χ4n) is 1.74. The first kappa shape index (κ1) is 18.2. The molecule has 2 aromatic carbocycles. The van der Waals surface area contributed by atoms with E-state index in [0.717, 1.165) is 24.3 Å². The molecule has 22 heavy (non-hydrogen) atoms. The molecular weight excluding hydrogens is 329 g/mol. The molecule has 0 aliphatic heterocycles. The molecule has 8 heteroatoms. The lowest BCUT2D eigenvalue weighted by Crippen LogP contribution is -2.12. The SMILES string of the molecule is Cl.NCc1ccc(Oc2ccc(F)c(F)c2)cc1C(F)(F)F. The van der Waals surface area contributed by atoms with Crippen molar-refractivity contribution in [3.63, 3.8) is 0 Å². The summed E-state index contributed by atoms with van der Waals surface area (Å²) in [5.74, 6) is -2.48. The number of alkyl halides is 3. The van der Waals surface area contributed by atoms with Gasteiger partial charge in [-0.25, -0.2) is 8.78 Å². The number of hydrogen-bond acceptors (Lipinski definition) is 2. The van der Waals surface area contributed by atoms with E-state index in [-0.39, 0.29) is 36.0 Å². The van der Waals surface area contributed by atoms with Crippen LogP contribution in [0.5, 0.6) is 11.5 Å². The zero-order valence-corrected chi connectivity index (χ0v) is 11.8. The number of benzene rings is 2. The van der Waals surface area contributed by atoms with Crippen LogP contribution in [0.4, 0.5) is 22.0 Å². The highest BCUT2D eigenvalue weighted by Gasteiger charge is 2.33. The number of halogens is 6. The first-order valence-corrected chi connectivity index (χ1v) is 5.84. The van der Waals surface area contributed by atoms with Crippen LogP contribution in [0.2, 0.25) is 0 Å². The molecule has 0 fully saturated rings. The molecule has 0 heterocycles. The van der Waals surface area contributed by atoms with Crippen LogP contribution in [0, 0.1) is 11.6 Å². The topological polar surface area (TPSA) is 35.2 Å². The molecule has 0 saturated carbocycles. The first-order valence-electron chi connectivity index (χ1n) is 5.84.